The highest BCUT2D eigenvalue weighted by molar-refractivity contribution is 5.90. The molecule has 0 aromatic carbocycles. The van der Waals surface area contributed by atoms with E-state index in [0.29, 0.717) is 12.5 Å². The van der Waals surface area contributed by atoms with Crippen LogP contribution in [-0.2, 0) is 9.53 Å². The first-order valence-corrected chi connectivity index (χ1v) is 7.15. The number of esters is 1. The average molecular weight is 266 g/mol. The number of cyclic esters (lactones) is 1. The molecule has 3 aliphatic rings. The molecular weight excluding hydrogens is 244 g/mol. The normalized spacial score (nSPS) is 30.9. The van der Waals surface area contributed by atoms with Crippen molar-refractivity contribution in [1.82, 2.24) is 10.2 Å². The van der Waals surface area contributed by atoms with E-state index in [2.05, 4.69) is 10.2 Å². The highest BCUT2D eigenvalue weighted by Gasteiger charge is 2.42. The van der Waals surface area contributed by atoms with E-state index >= 15 is 0 Å². The monoisotopic (exact) mass is 266 g/mol. The SMILES string of the molecule is CC1=C(N2CCC(C3(O)CCNCC3)C2)COC1=O. The Kier molecular flexibility index (Phi) is 3.27. The molecule has 0 spiro atoms. The van der Waals surface area contributed by atoms with Crippen molar-refractivity contribution >= 4 is 5.97 Å². The molecule has 1 unspecified atom stereocenters. The van der Waals surface area contributed by atoms with Crippen molar-refractivity contribution in [2.24, 2.45) is 5.92 Å². The van der Waals surface area contributed by atoms with E-state index in [4.69, 9.17) is 4.74 Å². The Bertz CT molecular complexity index is 413. The molecule has 0 aromatic heterocycles. The lowest BCUT2D eigenvalue weighted by Crippen LogP contribution is -2.48. The van der Waals surface area contributed by atoms with Gasteiger partial charge in [0.1, 0.15) is 6.61 Å². The van der Waals surface area contributed by atoms with Crippen molar-refractivity contribution in [3.8, 4) is 0 Å². The third-order valence-electron chi connectivity index (χ3n) is 4.88. The Labute approximate surface area is 113 Å². The maximum Gasteiger partial charge on any atom is 0.335 e. The summed E-state index contributed by atoms with van der Waals surface area (Å²) in [5.74, 6) is 0.115. The van der Waals surface area contributed by atoms with Gasteiger partial charge in [-0.1, -0.05) is 0 Å². The van der Waals surface area contributed by atoms with Crippen LogP contribution >= 0.6 is 0 Å². The van der Waals surface area contributed by atoms with Gasteiger partial charge in [-0.05, 0) is 39.3 Å². The number of nitrogens with zero attached hydrogens (tertiary/aromatic N) is 1. The minimum atomic E-state index is -0.530. The van der Waals surface area contributed by atoms with Gasteiger partial charge in [0, 0.05) is 19.0 Å². The summed E-state index contributed by atoms with van der Waals surface area (Å²) in [5.41, 5.74) is 1.22. The number of ether oxygens (including phenoxy) is 1. The third-order valence-corrected chi connectivity index (χ3v) is 4.88. The van der Waals surface area contributed by atoms with Crippen LogP contribution in [0.3, 0.4) is 0 Å². The topological polar surface area (TPSA) is 61.8 Å². The molecule has 2 fully saturated rings. The number of carbonyl (C=O) groups is 1. The van der Waals surface area contributed by atoms with Gasteiger partial charge >= 0.3 is 5.97 Å². The zero-order chi connectivity index (χ0) is 13.5. The number of piperidine rings is 1. The van der Waals surface area contributed by atoms with Crippen LogP contribution in [0.1, 0.15) is 26.2 Å². The summed E-state index contributed by atoms with van der Waals surface area (Å²) in [5, 5.41) is 14.1. The van der Waals surface area contributed by atoms with Crippen LogP contribution in [0.2, 0.25) is 0 Å². The molecule has 19 heavy (non-hydrogen) atoms. The van der Waals surface area contributed by atoms with Gasteiger partial charge in [-0.25, -0.2) is 4.79 Å². The van der Waals surface area contributed by atoms with Gasteiger partial charge in [0.15, 0.2) is 0 Å². The van der Waals surface area contributed by atoms with Gasteiger partial charge < -0.3 is 20.1 Å². The van der Waals surface area contributed by atoms with Gasteiger partial charge in [0.25, 0.3) is 0 Å². The maximum atomic E-state index is 11.4. The minimum Gasteiger partial charge on any atom is -0.456 e. The Balaban J connectivity index is 1.69. The number of aliphatic hydroxyl groups is 1. The molecule has 0 radical (unpaired) electrons. The second-order valence-corrected chi connectivity index (χ2v) is 5.93. The van der Waals surface area contributed by atoms with Gasteiger partial charge in [-0.2, -0.15) is 0 Å². The number of rotatable bonds is 2. The molecule has 0 bridgehead atoms. The second kappa shape index (κ2) is 4.80. The third kappa shape index (κ3) is 2.25. The largest absolute Gasteiger partial charge is 0.456 e. The Morgan fingerprint density at radius 1 is 1.42 bits per heavy atom. The van der Waals surface area contributed by atoms with Crippen LogP contribution < -0.4 is 5.32 Å². The Hall–Kier alpha value is -1.07. The molecule has 106 valence electrons. The molecule has 0 saturated carbocycles. The summed E-state index contributed by atoms with van der Waals surface area (Å²) >= 11 is 0. The molecule has 2 N–H and O–H groups in total. The van der Waals surface area contributed by atoms with E-state index in [1.807, 2.05) is 6.92 Å². The summed E-state index contributed by atoms with van der Waals surface area (Å²) in [6.07, 6.45) is 2.67. The molecule has 5 heteroatoms. The van der Waals surface area contributed by atoms with Crippen LogP contribution in [0.15, 0.2) is 11.3 Å². The quantitative estimate of drug-likeness (QED) is 0.702. The van der Waals surface area contributed by atoms with Crippen molar-refractivity contribution in [2.75, 3.05) is 32.8 Å². The molecule has 3 aliphatic heterocycles. The van der Waals surface area contributed by atoms with E-state index in [0.717, 1.165) is 56.7 Å². The number of nitrogens with one attached hydrogen (secondary N) is 1. The van der Waals surface area contributed by atoms with Crippen molar-refractivity contribution < 1.29 is 14.6 Å². The zero-order valence-corrected chi connectivity index (χ0v) is 11.4. The standard InChI is InChI=1S/C14H22N2O3/c1-10-12(9-19-13(10)17)16-7-2-11(8-16)14(18)3-5-15-6-4-14/h11,15,18H,2-9H2,1H3. The summed E-state index contributed by atoms with van der Waals surface area (Å²) < 4.78 is 5.07. The molecule has 5 nitrogen and oxygen atoms in total. The fourth-order valence-corrected chi connectivity index (χ4v) is 3.51. The van der Waals surface area contributed by atoms with Crippen LogP contribution in [-0.4, -0.2) is 54.4 Å². The highest BCUT2D eigenvalue weighted by atomic mass is 16.5. The van der Waals surface area contributed by atoms with Crippen molar-refractivity contribution in [3.05, 3.63) is 11.3 Å². The van der Waals surface area contributed by atoms with Crippen molar-refractivity contribution in [2.45, 2.75) is 31.8 Å². The van der Waals surface area contributed by atoms with Crippen molar-refractivity contribution in [1.29, 1.82) is 0 Å². The van der Waals surface area contributed by atoms with Gasteiger partial charge in [0.05, 0.1) is 16.9 Å². The Morgan fingerprint density at radius 3 is 2.79 bits per heavy atom. The lowest BCUT2D eigenvalue weighted by Gasteiger charge is -2.37. The molecule has 3 heterocycles. The predicted octanol–water partition coefficient (Wildman–Crippen LogP) is 0.254. The number of hydrogen-bond acceptors (Lipinski definition) is 5. The highest BCUT2D eigenvalue weighted by Crippen LogP contribution is 2.36. The van der Waals surface area contributed by atoms with E-state index in [1.54, 1.807) is 0 Å². The molecule has 2 saturated heterocycles. The lowest BCUT2D eigenvalue weighted by molar-refractivity contribution is -0.136. The summed E-state index contributed by atoms with van der Waals surface area (Å²) in [6, 6.07) is 0. The molecular formula is C14H22N2O3. The van der Waals surface area contributed by atoms with Gasteiger partial charge in [-0.3, -0.25) is 0 Å². The molecule has 0 amide bonds. The van der Waals surface area contributed by atoms with Crippen LogP contribution in [0, 0.1) is 5.92 Å². The number of hydrogen-bond donors (Lipinski definition) is 2. The van der Waals surface area contributed by atoms with Crippen molar-refractivity contribution in [3.63, 3.8) is 0 Å². The minimum absolute atomic E-state index is 0.195. The lowest BCUT2D eigenvalue weighted by atomic mass is 9.79. The second-order valence-electron chi connectivity index (χ2n) is 5.93. The molecule has 3 rings (SSSR count). The first-order chi connectivity index (χ1) is 9.10. The fraction of sp³-hybridized carbons (Fsp3) is 0.786. The number of likely N-dealkylation sites (tertiary alicyclic amines) is 1. The van der Waals surface area contributed by atoms with Crippen LogP contribution in [0.5, 0.6) is 0 Å². The first kappa shape index (κ1) is 12.9. The fourth-order valence-electron chi connectivity index (χ4n) is 3.51. The predicted molar refractivity (Wildman–Crippen MR) is 70.4 cm³/mol. The smallest absolute Gasteiger partial charge is 0.335 e. The summed E-state index contributed by atoms with van der Waals surface area (Å²) in [7, 11) is 0. The van der Waals surface area contributed by atoms with Gasteiger partial charge in [-0.15, -0.1) is 0 Å². The number of carbonyl (C=O) groups excluding carboxylic acids is 1. The summed E-state index contributed by atoms with van der Waals surface area (Å²) in [6.45, 7) is 5.80. The van der Waals surface area contributed by atoms with Crippen LogP contribution in [0.25, 0.3) is 0 Å². The van der Waals surface area contributed by atoms with Crippen LogP contribution in [0.4, 0.5) is 0 Å². The maximum absolute atomic E-state index is 11.4. The molecule has 1 atom stereocenters. The zero-order valence-electron chi connectivity index (χ0n) is 11.4. The molecule has 0 aliphatic carbocycles. The van der Waals surface area contributed by atoms with Gasteiger partial charge in [0.2, 0.25) is 0 Å². The van der Waals surface area contributed by atoms with E-state index in [1.165, 1.54) is 0 Å². The Morgan fingerprint density at radius 2 is 2.16 bits per heavy atom. The van der Waals surface area contributed by atoms with E-state index in [9.17, 15) is 9.90 Å². The van der Waals surface area contributed by atoms with E-state index < -0.39 is 5.60 Å². The summed E-state index contributed by atoms with van der Waals surface area (Å²) in [4.78, 5) is 13.7. The molecule has 0 aromatic rings. The average Bonchev–Trinajstić information content (AvgIpc) is 3.00. The van der Waals surface area contributed by atoms with E-state index in [-0.39, 0.29) is 5.97 Å². The first-order valence-electron chi connectivity index (χ1n) is 7.15.